The first-order valence-electron chi connectivity index (χ1n) is 6.04. The first-order chi connectivity index (χ1) is 6.82. The van der Waals surface area contributed by atoms with E-state index in [1.807, 2.05) is 20.8 Å². The molecule has 0 bridgehead atoms. The van der Waals surface area contributed by atoms with Crippen LogP contribution in [0.3, 0.4) is 0 Å². The van der Waals surface area contributed by atoms with Gasteiger partial charge in [0.2, 0.25) is 0 Å². The Morgan fingerprint density at radius 2 is 1.93 bits per heavy atom. The van der Waals surface area contributed by atoms with Crippen molar-refractivity contribution in [1.82, 2.24) is 0 Å². The summed E-state index contributed by atoms with van der Waals surface area (Å²) in [5, 5.41) is 9.94. The molecule has 0 radical (unpaired) electrons. The summed E-state index contributed by atoms with van der Waals surface area (Å²) in [7, 11) is 0. The summed E-state index contributed by atoms with van der Waals surface area (Å²) in [5.74, 6) is 0.803. The van der Waals surface area contributed by atoms with Gasteiger partial charge in [-0.25, -0.2) is 0 Å². The van der Waals surface area contributed by atoms with E-state index >= 15 is 0 Å². The molecule has 1 saturated carbocycles. The van der Waals surface area contributed by atoms with Gasteiger partial charge in [0.1, 0.15) is 6.10 Å². The zero-order chi connectivity index (χ0) is 11.6. The molecule has 0 amide bonds. The number of carbonyl (C=O) groups is 1. The summed E-state index contributed by atoms with van der Waals surface area (Å²) in [5.41, 5.74) is -0.322. The van der Waals surface area contributed by atoms with Crippen molar-refractivity contribution in [3.63, 3.8) is 0 Å². The highest BCUT2D eigenvalue weighted by Gasteiger charge is 2.35. The standard InChI is InChI=1S/C13H24O2/c1-9-6-5-7-10(8-9)11(14)12(15)13(2,3)4/h9-10,12,15H,5-8H2,1-4H3. The Morgan fingerprint density at radius 1 is 1.33 bits per heavy atom. The normalized spacial score (nSPS) is 29.9. The van der Waals surface area contributed by atoms with Crippen LogP contribution in [-0.2, 0) is 4.79 Å². The van der Waals surface area contributed by atoms with Gasteiger partial charge >= 0.3 is 0 Å². The second-order valence-corrected chi connectivity index (χ2v) is 6.14. The molecule has 2 heteroatoms. The minimum absolute atomic E-state index is 0.0639. The van der Waals surface area contributed by atoms with Crippen LogP contribution in [0.2, 0.25) is 0 Å². The Kier molecular flexibility index (Phi) is 3.93. The number of hydrogen-bond donors (Lipinski definition) is 1. The maximum absolute atomic E-state index is 12.0. The molecule has 3 unspecified atom stereocenters. The molecule has 3 atom stereocenters. The summed E-state index contributed by atoms with van der Waals surface area (Å²) >= 11 is 0. The number of hydrogen-bond acceptors (Lipinski definition) is 2. The van der Waals surface area contributed by atoms with Crippen molar-refractivity contribution in [3.8, 4) is 0 Å². The third-order valence-corrected chi connectivity index (χ3v) is 3.43. The van der Waals surface area contributed by atoms with Crippen molar-refractivity contribution in [2.45, 2.75) is 59.5 Å². The Morgan fingerprint density at radius 3 is 2.40 bits per heavy atom. The zero-order valence-corrected chi connectivity index (χ0v) is 10.4. The van der Waals surface area contributed by atoms with Crippen molar-refractivity contribution in [3.05, 3.63) is 0 Å². The summed E-state index contributed by atoms with van der Waals surface area (Å²) in [4.78, 5) is 12.0. The lowest BCUT2D eigenvalue weighted by Crippen LogP contribution is -2.39. The molecular formula is C13H24O2. The van der Waals surface area contributed by atoms with Crippen LogP contribution < -0.4 is 0 Å². The fourth-order valence-corrected chi connectivity index (χ4v) is 2.34. The number of rotatable bonds is 2. The molecule has 0 aromatic rings. The van der Waals surface area contributed by atoms with Gasteiger partial charge in [0.25, 0.3) is 0 Å². The summed E-state index contributed by atoms with van der Waals surface area (Å²) in [6, 6.07) is 0. The fraction of sp³-hybridized carbons (Fsp3) is 0.923. The van der Waals surface area contributed by atoms with Crippen LogP contribution in [0.5, 0.6) is 0 Å². The molecule has 2 nitrogen and oxygen atoms in total. The first kappa shape index (κ1) is 12.7. The number of ketones is 1. The monoisotopic (exact) mass is 212 g/mol. The van der Waals surface area contributed by atoms with E-state index in [1.54, 1.807) is 0 Å². The molecule has 1 aliphatic rings. The van der Waals surface area contributed by atoms with Gasteiger partial charge in [-0.05, 0) is 24.2 Å². The van der Waals surface area contributed by atoms with Crippen LogP contribution >= 0.6 is 0 Å². The molecule has 1 fully saturated rings. The maximum Gasteiger partial charge on any atom is 0.164 e. The van der Waals surface area contributed by atoms with Crippen molar-refractivity contribution >= 4 is 5.78 Å². The highest BCUT2D eigenvalue weighted by atomic mass is 16.3. The first-order valence-corrected chi connectivity index (χ1v) is 6.04. The minimum atomic E-state index is -0.798. The molecule has 1 aliphatic carbocycles. The van der Waals surface area contributed by atoms with Crippen LogP contribution in [0.15, 0.2) is 0 Å². The molecule has 0 aliphatic heterocycles. The molecule has 0 spiro atoms. The van der Waals surface area contributed by atoms with E-state index in [2.05, 4.69) is 6.92 Å². The van der Waals surface area contributed by atoms with Crippen molar-refractivity contribution in [2.24, 2.45) is 17.3 Å². The molecule has 15 heavy (non-hydrogen) atoms. The van der Waals surface area contributed by atoms with E-state index in [1.165, 1.54) is 6.42 Å². The second-order valence-electron chi connectivity index (χ2n) is 6.14. The van der Waals surface area contributed by atoms with Crippen LogP contribution in [0.1, 0.15) is 53.4 Å². The van der Waals surface area contributed by atoms with Crippen molar-refractivity contribution < 1.29 is 9.90 Å². The number of aliphatic hydroxyl groups excluding tert-OH is 1. The fourth-order valence-electron chi connectivity index (χ4n) is 2.34. The molecule has 0 heterocycles. The van der Waals surface area contributed by atoms with Gasteiger partial charge < -0.3 is 5.11 Å². The van der Waals surface area contributed by atoms with E-state index in [9.17, 15) is 9.90 Å². The number of carbonyl (C=O) groups excluding carboxylic acids is 1. The molecule has 0 aromatic heterocycles. The van der Waals surface area contributed by atoms with Crippen molar-refractivity contribution in [1.29, 1.82) is 0 Å². The van der Waals surface area contributed by atoms with Gasteiger partial charge in [-0.3, -0.25) is 4.79 Å². The third kappa shape index (κ3) is 3.30. The second kappa shape index (κ2) is 4.65. The Labute approximate surface area is 93.1 Å². The summed E-state index contributed by atoms with van der Waals surface area (Å²) in [6.45, 7) is 7.95. The van der Waals surface area contributed by atoms with Gasteiger partial charge in [0, 0.05) is 5.92 Å². The molecule has 88 valence electrons. The predicted octanol–water partition coefficient (Wildman–Crippen LogP) is 2.79. The lowest BCUT2D eigenvalue weighted by molar-refractivity contribution is -0.138. The van der Waals surface area contributed by atoms with Crippen LogP contribution in [-0.4, -0.2) is 17.0 Å². The SMILES string of the molecule is CC1CCCC(C(=O)C(O)C(C)(C)C)C1. The highest BCUT2D eigenvalue weighted by Crippen LogP contribution is 2.32. The Hall–Kier alpha value is -0.370. The van der Waals surface area contributed by atoms with E-state index in [-0.39, 0.29) is 17.1 Å². The minimum Gasteiger partial charge on any atom is -0.385 e. The molecule has 1 rings (SSSR count). The van der Waals surface area contributed by atoms with E-state index in [0.29, 0.717) is 5.92 Å². The predicted molar refractivity (Wildman–Crippen MR) is 61.6 cm³/mol. The van der Waals surface area contributed by atoms with E-state index in [4.69, 9.17) is 0 Å². The maximum atomic E-state index is 12.0. The topological polar surface area (TPSA) is 37.3 Å². The Bertz CT molecular complexity index is 227. The highest BCUT2D eigenvalue weighted by molar-refractivity contribution is 5.85. The zero-order valence-electron chi connectivity index (χ0n) is 10.4. The van der Waals surface area contributed by atoms with Gasteiger partial charge in [0.15, 0.2) is 5.78 Å². The van der Waals surface area contributed by atoms with E-state index in [0.717, 1.165) is 19.3 Å². The van der Waals surface area contributed by atoms with Gasteiger partial charge in [-0.2, -0.15) is 0 Å². The average Bonchev–Trinajstić information content (AvgIpc) is 2.14. The molecule has 1 N–H and O–H groups in total. The van der Waals surface area contributed by atoms with E-state index < -0.39 is 6.10 Å². The van der Waals surface area contributed by atoms with Crippen molar-refractivity contribution in [2.75, 3.05) is 0 Å². The van der Waals surface area contributed by atoms with Crippen LogP contribution in [0.4, 0.5) is 0 Å². The van der Waals surface area contributed by atoms with Crippen LogP contribution in [0.25, 0.3) is 0 Å². The lowest BCUT2D eigenvalue weighted by Gasteiger charge is -2.31. The summed E-state index contributed by atoms with van der Waals surface area (Å²) < 4.78 is 0. The average molecular weight is 212 g/mol. The largest absolute Gasteiger partial charge is 0.385 e. The lowest BCUT2D eigenvalue weighted by atomic mass is 9.75. The molecule has 0 saturated heterocycles. The molecular weight excluding hydrogens is 188 g/mol. The number of aliphatic hydroxyl groups is 1. The van der Waals surface area contributed by atoms with Gasteiger partial charge in [0.05, 0.1) is 0 Å². The third-order valence-electron chi connectivity index (χ3n) is 3.43. The van der Waals surface area contributed by atoms with Gasteiger partial charge in [-0.15, -0.1) is 0 Å². The Balaban J connectivity index is 2.60. The number of Topliss-reactive ketones (excluding diaryl/α,β-unsaturated/α-hetero) is 1. The van der Waals surface area contributed by atoms with Crippen LogP contribution in [0, 0.1) is 17.3 Å². The smallest absolute Gasteiger partial charge is 0.164 e. The van der Waals surface area contributed by atoms with Gasteiger partial charge in [-0.1, -0.05) is 40.5 Å². The molecule has 0 aromatic carbocycles. The quantitative estimate of drug-likeness (QED) is 0.764. The summed E-state index contributed by atoms with van der Waals surface area (Å²) in [6.07, 6.45) is 3.50.